The minimum absolute atomic E-state index is 0.0994. The van der Waals surface area contributed by atoms with E-state index in [0.717, 1.165) is 42.7 Å². The van der Waals surface area contributed by atoms with Crippen LogP contribution in [-0.2, 0) is 4.79 Å². The summed E-state index contributed by atoms with van der Waals surface area (Å²) in [6.45, 7) is 2.20. The van der Waals surface area contributed by atoms with Crippen molar-refractivity contribution in [3.8, 4) is 0 Å². The SMILES string of the molecule is O=C(N1CC2CCCCC2C1)C12CC3CC(CC(C3)C1)C2. The van der Waals surface area contributed by atoms with Gasteiger partial charge in [0.25, 0.3) is 0 Å². The Morgan fingerprint density at radius 3 is 1.76 bits per heavy atom. The molecular formula is C19H29NO. The molecule has 1 saturated heterocycles. The summed E-state index contributed by atoms with van der Waals surface area (Å²) in [6, 6.07) is 0. The maximum Gasteiger partial charge on any atom is 0.228 e. The number of amides is 1. The van der Waals surface area contributed by atoms with E-state index in [1.165, 1.54) is 64.2 Å². The largest absolute Gasteiger partial charge is 0.342 e. The van der Waals surface area contributed by atoms with Gasteiger partial charge in [0, 0.05) is 13.1 Å². The summed E-state index contributed by atoms with van der Waals surface area (Å²) in [5.41, 5.74) is 0.0994. The summed E-state index contributed by atoms with van der Waals surface area (Å²) in [7, 11) is 0. The van der Waals surface area contributed by atoms with Gasteiger partial charge in [-0.2, -0.15) is 0 Å². The highest BCUT2D eigenvalue weighted by atomic mass is 16.2. The number of rotatable bonds is 1. The maximum absolute atomic E-state index is 13.4. The smallest absolute Gasteiger partial charge is 0.228 e. The minimum atomic E-state index is 0.0994. The zero-order valence-corrected chi connectivity index (χ0v) is 13.2. The molecule has 1 amide bonds. The van der Waals surface area contributed by atoms with E-state index in [0.29, 0.717) is 5.91 Å². The molecule has 0 aromatic heterocycles. The molecule has 0 aromatic carbocycles. The van der Waals surface area contributed by atoms with Gasteiger partial charge in [-0.05, 0) is 81.0 Å². The van der Waals surface area contributed by atoms with Crippen molar-refractivity contribution < 1.29 is 4.79 Å². The molecule has 6 aliphatic rings. The lowest BCUT2D eigenvalue weighted by Crippen LogP contribution is -2.54. The quantitative estimate of drug-likeness (QED) is 0.717. The van der Waals surface area contributed by atoms with Crippen molar-refractivity contribution in [1.29, 1.82) is 0 Å². The predicted molar refractivity (Wildman–Crippen MR) is 82.6 cm³/mol. The second kappa shape index (κ2) is 4.49. The van der Waals surface area contributed by atoms with E-state index in [1.54, 1.807) is 0 Å². The van der Waals surface area contributed by atoms with Crippen LogP contribution in [0.5, 0.6) is 0 Å². The number of fused-ring (bicyclic) bond motifs is 1. The highest BCUT2D eigenvalue weighted by Gasteiger charge is 2.56. The molecule has 1 heterocycles. The zero-order valence-electron chi connectivity index (χ0n) is 13.2. The van der Waals surface area contributed by atoms with Gasteiger partial charge in [0.15, 0.2) is 0 Å². The first-order valence-electron chi connectivity index (χ1n) is 9.51. The van der Waals surface area contributed by atoms with E-state index in [2.05, 4.69) is 4.90 Å². The van der Waals surface area contributed by atoms with Crippen LogP contribution in [0.2, 0.25) is 0 Å². The van der Waals surface area contributed by atoms with Crippen molar-refractivity contribution in [2.75, 3.05) is 13.1 Å². The van der Waals surface area contributed by atoms with Crippen LogP contribution in [0.3, 0.4) is 0 Å². The topological polar surface area (TPSA) is 20.3 Å². The van der Waals surface area contributed by atoms with Gasteiger partial charge in [-0.15, -0.1) is 0 Å². The Balaban J connectivity index is 1.37. The Kier molecular flexibility index (Phi) is 2.77. The van der Waals surface area contributed by atoms with Crippen LogP contribution in [-0.4, -0.2) is 23.9 Å². The molecule has 2 heteroatoms. The molecule has 4 bridgehead atoms. The summed E-state index contributed by atoms with van der Waals surface area (Å²) in [5, 5.41) is 0. The standard InChI is InChI=1S/C19H29NO/c21-18(20-11-16-3-1-2-4-17(16)12-20)19-8-13-5-14(9-19)7-15(6-13)10-19/h13-17H,1-12H2. The third kappa shape index (κ3) is 1.93. The van der Waals surface area contributed by atoms with Gasteiger partial charge in [0.1, 0.15) is 0 Å². The molecule has 0 radical (unpaired) electrons. The lowest BCUT2D eigenvalue weighted by atomic mass is 9.49. The fraction of sp³-hybridized carbons (Fsp3) is 0.947. The first-order valence-corrected chi connectivity index (χ1v) is 9.51. The average Bonchev–Trinajstić information content (AvgIpc) is 2.88. The molecule has 5 saturated carbocycles. The zero-order chi connectivity index (χ0) is 14.0. The number of likely N-dealkylation sites (tertiary alicyclic amines) is 1. The van der Waals surface area contributed by atoms with Crippen LogP contribution in [0, 0.1) is 35.0 Å². The molecule has 116 valence electrons. The molecule has 6 rings (SSSR count). The van der Waals surface area contributed by atoms with Crippen LogP contribution in [0.4, 0.5) is 0 Å². The number of carbonyl (C=O) groups is 1. The number of hydrogen-bond donors (Lipinski definition) is 0. The van der Waals surface area contributed by atoms with Gasteiger partial charge in [-0.1, -0.05) is 12.8 Å². The molecular weight excluding hydrogens is 258 g/mol. The minimum Gasteiger partial charge on any atom is -0.342 e. The molecule has 2 atom stereocenters. The molecule has 0 spiro atoms. The van der Waals surface area contributed by atoms with Crippen LogP contribution in [0.25, 0.3) is 0 Å². The maximum atomic E-state index is 13.4. The third-order valence-corrected chi connectivity index (χ3v) is 7.76. The molecule has 2 nitrogen and oxygen atoms in total. The summed E-state index contributed by atoms with van der Waals surface area (Å²) in [4.78, 5) is 15.7. The lowest BCUT2D eigenvalue weighted by molar-refractivity contribution is -0.156. The van der Waals surface area contributed by atoms with Crippen LogP contribution >= 0.6 is 0 Å². The van der Waals surface area contributed by atoms with E-state index in [9.17, 15) is 4.79 Å². The van der Waals surface area contributed by atoms with E-state index in [1.807, 2.05) is 0 Å². The monoisotopic (exact) mass is 287 g/mol. The molecule has 5 aliphatic carbocycles. The summed E-state index contributed by atoms with van der Waals surface area (Å²) in [5.74, 6) is 4.96. The van der Waals surface area contributed by atoms with E-state index in [4.69, 9.17) is 0 Å². The van der Waals surface area contributed by atoms with Crippen LogP contribution in [0.1, 0.15) is 64.2 Å². The Hall–Kier alpha value is -0.530. The molecule has 6 fully saturated rings. The fourth-order valence-corrected chi connectivity index (χ4v) is 7.28. The van der Waals surface area contributed by atoms with Crippen molar-refractivity contribution in [3.05, 3.63) is 0 Å². The number of carbonyl (C=O) groups excluding carboxylic acids is 1. The van der Waals surface area contributed by atoms with Gasteiger partial charge in [0.2, 0.25) is 5.91 Å². The summed E-state index contributed by atoms with van der Waals surface area (Å²) >= 11 is 0. The Labute approximate surface area is 128 Å². The Morgan fingerprint density at radius 1 is 0.810 bits per heavy atom. The normalized spacial score (nSPS) is 51.2. The number of hydrogen-bond acceptors (Lipinski definition) is 1. The Bertz CT molecular complexity index is 407. The van der Waals surface area contributed by atoms with E-state index < -0.39 is 0 Å². The summed E-state index contributed by atoms with van der Waals surface area (Å²) in [6.07, 6.45) is 13.6. The second-order valence-corrected chi connectivity index (χ2v) is 9.21. The third-order valence-electron chi connectivity index (χ3n) is 7.76. The average molecular weight is 287 g/mol. The molecule has 21 heavy (non-hydrogen) atoms. The van der Waals surface area contributed by atoms with Crippen molar-refractivity contribution in [2.45, 2.75) is 64.2 Å². The molecule has 0 aromatic rings. The number of nitrogens with zero attached hydrogens (tertiary/aromatic N) is 1. The molecule has 0 N–H and O–H groups in total. The van der Waals surface area contributed by atoms with Gasteiger partial charge in [-0.25, -0.2) is 0 Å². The van der Waals surface area contributed by atoms with Crippen molar-refractivity contribution in [3.63, 3.8) is 0 Å². The van der Waals surface area contributed by atoms with E-state index >= 15 is 0 Å². The van der Waals surface area contributed by atoms with Crippen molar-refractivity contribution >= 4 is 5.91 Å². The van der Waals surface area contributed by atoms with Crippen LogP contribution < -0.4 is 0 Å². The van der Waals surface area contributed by atoms with Crippen LogP contribution in [0.15, 0.2) is 0 Å². The first kappa shape index (κ1) is 13.0. The van der Waals surface area contributed by atoms with Gasteiger partial charge >= 0.3 is 0 Å². The molecule has 2 unspecified atom stereocenters. The van der Waals surface area contributed by atoms with Gasteiger partial charge in [0.05, 0.1) is 5.41 Å². The van der Waals surface area contributed by atoms with Gasteiger partial charge in [-0.3, -0.25) is 4.79 Å². The van der Waals surface area contributed by atoms with Gasteiger partial charge < -0.3 is 4.90 Å². The molecule has 1 aliphatic heterocycles. The second-order valence-electron chi connectivity index (χ2n) is 9.21. The lowest BCUT2D eigenvalue weighted by Gasteiger charge is -2.56. The van der Waals surface area contributed by atoms with E-state index in [-0.39, 0.29) is 5.41 Å². The predicted octanol–water partition coefficient (Wildman–Crippen LogP) is 3.85. The highest BCUT2D eigenvalue weighted by Crippen LogP contribution is 2.60. The highest BCUT2D eigenvalue weighted by molar-refractivity contribution is 5.83. The Morgan fingerprint density at radius 2 is 1.29 bits per heavy atom. The van der Waals surface area contributed by atoms with Crippen molar-refractivity contribution in [1.82, 2.24) is 4.90 Å². The summed E-state index contributed by atoms with van der Waals surface area (Å²) < 4.78 is 0. The first-order chi connectivity index (χ1) is 10.2. The fourth-order valence-electron chi connectivity index (χ4n) is 7.28. The van der Waals surface area contributed by atoms with Crippen molar-refractivity contribution in [2.24, 2.45) is 35.0 Å².